The summed E-state index contributed by atoms with van der Waals surface area (Å²) in [6.45, 7) is 1.73. The maximum Gasteiger partial charge on any atom is 0.304 e. The van der Waals surface area contributed by atoms with E-state index in [0.717, 1.165) is 22.2 Å². The summed E-state index contributed by atoms with van der Waals surface area (Å²) in [5.74, 6) is 5.95. The number of nitrogens with zero attached hydrogens (tertiary/aromatic N) is 1. The Morgan fingerprint density at radius 3 is 2.63 bits per heavy atom. The highest BCUT2D eigenvalue weighted by atomic mass is 16.5. The molecule has 5 heteroatoms. The molecule has 154 valence electrons. The predicted octanol–water partition coefficient (Wildman–Crippen LogP) is 5.45. The number of aromatic nitrogens is 2. The van der Waals surface area contributed by atoms with E-state index >= 15 is 0 Å². The van der Waals surface area contributed by atoms with Gasteiger partial charge in [-0.2, -0.15) is 5.10 Å². The molecule has 1 aliphatic carbocycles. The molecule has 0 amide bonds. The third-order valence-electron chi connectivity index (χ3n) is 5.86. The Morgan fingerprint density at radius 1 is 1.20 bits per heavy atom. The Hall–Kier alpha value is -3.26. The zero-order valence-electron chi connectivity index (χ0n) is 17.1. The fraction of sp³-hybridized carbons (Fsp3) is 0.360. The smallest absolute Gasteiger partial charge is 0.304 e. The van der Waals surface area contributed by atoms with Crippen LogP contribution < -0.4 is 4.74 Å². The lowest BCUT2D eigenvalue weighted by molar-refractivity contribution is -0.137. The first kappa shape index (κ1) is 20.0. The number of hydrogen-bond donors (Lipinski definition) is 2. The number of fused-ring (bicyclic) bond motifs is 1. The van der Waals surface area contributed by atoms with Crippen molar-refractivity contribution in [3.8, 4) is 17.6 Å². The van der Waals surface area contributed by atoms with Gasteiger partial charge in [0.25, 0.3) is 0 Å². The number of benzene rings is 2. The van der Waals surface area contributed by atoms with Gasteiger partial charge in [0.1, 0.15) is 11.9 Å². The lowest BCUT2D eigenvalue weighted by Crippen LogP contribution is -2.16. The molecule has 0 bridgehead atoms. The van der Waals surface area contributed by atoms with Gasteiger partial charge in [-0.05, 0) is 55.2 Å². The molecule has 2 aromatic carbocycles. The molecule has 2 unspecified atom stereocenters. The van der Waals surface area contributed by atoms with Crippen molar-refractivity contribution >= 4 is 16.9 Å². The van der Waals surface area contributed by atoms with E-state index in [9.17, 15) is 4.79 Å². The number of ether oxygens (including phenoxy) is 1. The van der Waals surface area contributed by atoms with Gasteiger partial charge in [-0.15, -0.1) is 5.92 Å². The molecule has 0 spiro atoms. The second kappa shape index (κ2) is 9.04. The van der Waals surface area contributed by atoms with Crippen LogP contribution in [0.5, 0.6) is 5.75 Å². The Morgan fingerprint density at radius 2 is 1.93 bits per heavy atom. The van der Waals surface area contributed by atoms with Crippen LogP contribution >= 0.6 is 0 Å². The number of carboxylic acid groups (broad SMARTS) is 1. The first-order chi connectivity index (χ1) is 14.6. The van der Waals surface area contributed by atoms with Gasteiger partial charge in [-0.1, -0.05) is 37.0 Å². The first-order valence-corrected chi connectivity index (χ1v) is 10.5. The van der Waals surface area contributed by atoms with Crippen LogP contribution in [0.4, 0.5) is 0 Å². The third kappa shape index (κ3) is 4.49. The van der Waals surface area contributed by atoms with Crippen LogP contribution in [0.15, 0.2) is 48.7 Å². The van der Waals surface area contributed by atoms with E-state index in [1.165, 1.54) is 31.2 Å². The zero-order chi connectivity index (χ0) is 20.9. The minimum Gasteiger partial charge on any atom is -0.485 e. The van der Waals surface area contributed by atoms with E-state index in [1.54, 1.807) is 6.92 Å². The van der Waals surface area contributed by atoms with Crippen LogP contribution in [0.25, 0.3) is 10.9 Å². The summed E-state index contributed by atoms with van der Waals surface area (Å²) in [6, 6.07) is 14.1. The van der Waals surface area contributed by atoms with Crippen LogP contribution in [-0.4, -0.2) is 21.3 Å². The number of carboxylic acids is 1. The van der Waals surface area contributed by atoms with Crippen LogP contribution in [0.1, 0.15) is 62.2 Å². The topological polar surface area (TPSA) is 75.2 Å². The number of carbonyl (C=O) groups is 1. The van der Waals surface area contributed by atoms with Crippen molar-refractivity contribution in [2.45, 2.75) is 51.0 Å². The summed E-state index contributed by atoms with van der Waals surface area (Å²) < 4.78 is 6.50. The molecule has 1 saturated carbocycles. The van der Waals surface area contributed by atoms with Crippen LogP contribution in [0.2, 0.25) is 0 Å². The third-order valence-corrected chi connectivity index (χ3v) is 5.86. The molecule has 3 aromatic rings. The van der Waals surface area contributed by atoms with Crippen molar-refractivity contribution in [2.75, 3.05) is 0 Å². The van der Waals surface area contributed by atoms with Crippen molar-refractivity contribution in [1.82, 2.24) is 10.2 Å². The molecular weight excluding hydrogens is 376 g/mol. The lowest BCUT2D eigenvalue weighted by atomic mass is 9.93. The molecule has 0 radical (unpaired) electrons. The molecule has 1 fully saturated rings. The highest BCUT2D eigenvalue weighted by Crippen LogP contribution is 2.39. The van der Waals surface area contributed by atoms with Gasteiger partial charge in [0.2, 0.25) is 0 Å². The highest BCUT2D eigenvalue weighted by molar-refractivity contribution is 5.78. The molecule has 5 nitrogen and oxygen atoms in total. The van der Waals surface area contributed by atoms with Crippen molar-refractivity contribution in [3.63, 3.8) is 0 Å². The Labute approximate surface area is 176 Å². The predicted molar refractivity (Wildman–Crippen MR) is 116 cm³/mol. The number of aliphatic carboxylic acids is 1. The number of hydrogen-bond acceptors (Lipinski definition) is 3. The molecular formula is C25H26N2O3. The summed E-state index contributed by atoms with van der Waals surface area (Å²) in [5, 5.41) is 17.4. The van der Waals surface area contributed by atoms with Crippen molar-refractivity contribution < 1.29 is 14.6 Å². The van der Waals surface area contributed by atoms with E-state index in [-0.39, 0.29) is 18.4 Å². The van der Waals surface area contributed by atoms with Gasteiger partial charge in [0, 0.05) is 11.3 Å². The minimum atomic E-state index is -0.848. The molecule has 1 aliphatic rings. The fourth-order valence-corrected chi connectivity index (χ4v) is 4.36. The average Bonchev–Trinajstić information content (AvgIpc) is 3.43. The second-order valence-corrected chi connectivity index (χ2v) is 7.91. The minimum absolute atomic E-state index is 0.00351. The van der Waals surface area contributed by atoms with Gasteiger partial charge >= 0.3 is 5.97 Å². The Balaban J connectivity index is 1.58. The van der Waals surface area contributed by atoms with Crippen molar-refractivity contribution in [3.05, 3.63) is 59.8 Å². The largest absolute Gasteiger partial charge is 0.485 e. The Kier molecular flexibility index (Phi) is 6.04. The standard InChI is InChI=1S/C25H26N2O3/c1-2-5-19(15-24(28)29)17-8-11-22(12-9-17)30-25(18-6-3-4-7-18)20-10-13-23-21(14-20)16-26-27-23/h8-14,16,18-19,25H,3-4,6-7,15H2,1H3,(H,26,27)(H,28,29). The zero-order valence-corrected chi connectivity index (χ0v) is 17.1. The summed E-state index contributed by atoms with van der Waals surface area (Å²) in [5.41, 5.74) is 3.09. The normalized spacial score (nSPS) is 16.0. The molecule has 0 aliphatic heterocycles. The van der Waals surface area contributed by atoms with Crippen LogP contribution in [0.3, 0.4) is 0 Å². The summed E-state index contributed by atoms with van der Waals surface area (Å²) in [7, 11) is 0. The van der Waals surface area contributed by atoms with Gasteiger partial charge in [0.05, 0.1) is 24.1 Å². The lowest BCUT2D eigenvalue weighted by Gasteiger charge is -2.25. The summed E-state index contributed by atoms with van der Waals surface area (Å²) >= 11 is 0. The highest BCUT2D eigenvalue weighted by Gasteiger charge is 2.28. The summed E-state index contributed by atoms with van der Waals surface area (Å²) in [6.07, 6.45) is 6.64. The molecule has 2 atom stereocenters. The molecule has 1 heterocycles. The quantitative estimate of drug-likeness (QED) is 0.515. The van der Waals surface area contributed by atoms with Crippen molar-refractivity contribution in [2.24, 2.45) is 5.92 Å². The first-order valence-electron chi connectivity index (χ1n) is 10.5. The van der Waals surface area contributed by atoms with Crippen LogP contribution in [0, 0.1) is 17.8 Å². The Bertz CT molecular complexity index is 1070. The number of rotatable bonds is 7. The number of H-pyrrole nitrogens is 1. The summed E-state index contributed by atoms with van der Waals surface area (Å²) in [4.78, 5) is 11.1. The number of nitrogens with one attached hydrogen (secondary N) is 1. The van der Waals surface area contributed by atoms with Gasteiger partial charge < -0.3 is 9.84 Å². The van der Waals surface area contributed by atoms with Crippen LogP contribution in [-0.2, 0) is 4.79 Å². The van der Waals surface area contributed by atoms with E-state index in [2.05, 4.69) is 40.2 Å². The SMILES string of the molecule is CC#CC(CC(=O)O)c1ccc(OC(c2ccc3[nH]ncc3c2)C2CCCC2)cc1. The van der Waals surface area contributed by atoms with Gasteiger partial charge in [0.15, 0.2) is 0 Å². The molecule has 30 heavy (non-hydrogen) atoms. The molecule has 1 aromatic heterocycles. The molecule has 0 saturated heterocycles. The average molecular weight is 402 g/mol. The van der Waals surface area contributed by atoms with Gasteiger partial charge in [-0.25, -0.2) is 0 Å². The monoisotopic (exact) mass is 402 g/mol. The van der Waals surface area contributed by atoms with E-state index in [0.29, 0.717) is 5.92 Å². The molecule has 2 N–H and O–H groups in total. The second-order valence-electron chi connectivity index (χ2n) is 7.91. The maximum atomic E-state index is 11.1. The van der Waals surface area contributed by atoms with E-state index in [4.69, 9.17) is 9.84 Å². The van der Waals surface area contributed by atoms with E-state index < -0.39 is 5.97 Å². The number of aromatic amines is 1. The van der Waals surface area contributed by atoms with Gasteiger partial charge in [-0.3, -0.25) is 9.89 Å². The molecule has 4 rings (SSSR count). The van der Waals surface area contributed by atoms with E-state index in [1.807, 2.05) is 30.5 Å². The maximum absolute atomic E-state index is 11.1. The fourth-order valence-electron chi connectivity index (χ4n) is 4.36. The van der Waals surface area contributed by atoms with Crippen molar-refractivity contribution in [1.29, 1.82) is 0 Å².